The third kappa shape index (κ3) is 2.93. The molecule has 0 aliphatic heterocycles. The molecule has 7 heteroatoms. The molecule has 2 nitrogen and oxygen atoms in total. The van der Waals surface area contributed by atoms with E-state index in [2.05, 4.69) is 20.7 Å². The maximum atomic E-state index is 12.6. The van der Waals surface area contributed by atoms with Gasteiger partial charge in [0.2, 0.25) is 0 Å². The highest BCUT2D eigenvalue weighted by Gasteiger charge is 2.36. The molecule has 1 rings (SSSR count). The summed E-state index contributed by atoms with van der Waals surface area (Å²) in [7, 11) is 1.07. The number of halogens is 5. The van der Waals surface area contributed by atoms with Crippen molar-refractivity contribution in [1.29, 1.82) is 0 Å². The zero-order valence-corrected chi connectivity index (χ0v) is 10.9. The Morgan fingerprint density at radius 1 is 1.47 bits per heavy atom. The zero-order chi connectivity index (χ0) is 13.2. The molecule has 0 N–H and O–H groups in total. The maximum Gasteiger partial charge on any atom is 0.420 e. The van der Waals surface area contributed by atoms with Gasteiger partial charge in [-0.05, 0) is 12.1 Å². The Kier molecular flexibility index (Phi) is 4.43. The fourth-order valence-corrected chi connectivity index (χ4v) is 1.92. The van der Waals surface area contributed by atoms with E-state index in [0.29, 0.717) is 0 Å². The number of ketones is 1. The van der Waals surface area contributed by atoms with Gasteiger partial charge in [-0.2, -0.15) is 13.2 Å². The van der Waals surface area contributed by atoms with E-state index >= 15 is 0 Å². The summed E-state index contributed by atoms with van der Waals surface area (Å²) in [6.07, 6.45) is -4.58. The summed E-state index contributed by atoms with van der Waals surface area (Å²) in [4.78, 5) is 11.4. The molecule has 94 valence electrons. The molecule has 0 spiro atoms. The molecule has 17 heavy (non-hydrogen) atoms. The first kappa shape index (κ1) is 14.3. The molecule has 0 aromatic heterocycles. The summed E-state index contributed by atoms with van der Waals surface area (Å²) in [6.45, 7) is 0. The van der Waals surface area contributed by atoms with Gasteiger partial charge < -0.3 is 4.74 Å². The van der Waals surface area contributed by atoms with Gasteiger partial charge in [0.05, 0.1) is 23.0 Å². The molecule has 0 radical (unpaired) electrons. The van der Waals surface area contributed by atoms with Crippen molar-refractivity contribution >= 4 is 33.3 Å². The number of methoxy groups -OCH3 is 1. The number of carbonyl (C=O) groups excluding carboxylic acids is 1. The zero-order valence-electron chi connectivity index (χ0n) is 8.57. The molecule has 0 saturated carbocycles. The Morgan fingerprint density at radius 3 is 2.47 bits per heavy atom. The fraction of sp³-hybridized carbons (Fsp3) is 0.300. The second-order valence-electron chi connectivity index (χ2n) is 3.06. The van der Waals surface area contributed by atoms with E-state index in [1.807, 2.05) is 0 Å². The maximum absolute atomic E-state index is 12.6. The van der Waals surface area contributed by atoms with Crippen molar-refractivity contribution in [3.05, 3.63) is 28.3 Å². The second-order valence-corrected chi connectivity index (χ2v) is 4.00. The Hall–Kier alpha value is -0.750. The lowest BCUT2D eigenvalue weighted by atomic mass is 10.1. The van der Waals surface area contributed by atoms with E-state index in [-0.39, 0.29) is 15.9 Å². The SMILES string of the molecule is COc1c(C(F)(F)F)ccc(C(=O)CBr)c1Cl. The van der Waals surface area contributed by atoms with Crippen LogP contribution in [0.3, 0.4) is 0 Å². The molecular formula is C10H7BrClF3O2. The highest BCUT2D eigenvalue weighted by Crippen LogP contribution is 2.41. The number of benzene rings is 1. The third-order valence-electron chi connectivity index (χ3n) is 2.03. The van der Waals surface area contributed by atoms with Gasteiger partial charge in [0.25, 0.3) is 0 Å². The van der Waals surface area contributed by atoms with Gasteiger partial charge in [-0.1, -0.05) is 27.5 Å². The van der Waals surface area contributed by atoms with Gasteiger partial charge in [-0.15, -0.1) is 0 Å². The molecule has 0 aliphatic carbocycles. The van der Waals surface area contributed by atoms with Crippen LogP contribution < -0.4 is 4.74 Å². The van der Waals surface area contributed by atoms with E-state index in [1.54, 1.807) is 0 Å². The van der Waals surface area contributed by atoms with Crippen LogP contribution >= 0.6 is 27.5 Å². The van der Waals surface area contributed by atoms with Gasteiger partial charge in [0.1, 0.15) is 5.75 Å². The van der Waals surface area contributed by atoms with E-state index in [0.717, 1.165) is 19.2 Å². The van der Waals surface area contributed by atoms with Crippen molar-refractivity contribution in [2.45, 2.75) is 6.18 Å². The van der Waals surface area contributed by atoms with Gasteiger partial charge in [-0.3, -0.25) is 4.79 Å². The summed E-state index contributed by atoms with van der Waals surface area (Å²) in [5, 5.41) is -0.354. The lowest BCUT2D eigenvalue weighted by Crippen LogP contribution is -2.10. The van der Waals surface area contributed by atoms with Crippen molar-refractivity contribution < 1.29 is 22.7 Å². The minimum absolute atomic E-state index is 0.00612. The lowest BCUT2D eigenvalue weighted by molar-refractivity contribution is -0.138. The normalized spacial score (nSPS) is 11.4. The molecule has 0 bridgehead atoms. The molecular weight excluding hydrogens is 324 g/mol. The molecule has 0 aliphatic rings. The second kappa shape index (κ2) is 5.27. The smallest absolute Gasteiger partial charge is 0.420 e. The van der Waals surface area contributed by atoms with Crippen LogP contribution in [0.1, 0.15) is 15.9 Å². The first-order valence-electron chi connectivity index (χ1n) is 4.35. The van der Waals surface area contributed by atoms with Gasteiger partial charge in [-0.25, -0.2) is 0 Å². The highest BCUT2D eigenvalue weighted by atomic mass is 79.9. The molecule has 0 atom stereocenters. The minimum atomic E-state index is -4.58. The molecule has 0 saturated heterocycles. The summed E-state index contributed by atoms with van der Waals surface area (Å²) in [5.41, 5.74) is -1.01. The third-order valence-corrected chi connectivity index (χ3v) is 2.91. The van der Waals surface area contributed by atoms with Crippen LogP contribution in [0, 0.1) is 0 Å². The van der Waals surface area contributed by atoms with Gasteiger partial charge in [0, 0.05) is 5.56 Å². The Morgan fingerprint density at radius 2 is 2.06 bits per heavy atom. The number of Topliss-reactive ketones (excluding diaryl/α,β-unsaturated/α-hetero) is 1. The van der Waals surface area contributed by atoms with Crippen molar-refractivity contribution in [1.82, 2.24) is 0 Å². The summed E-state index contributed by atoms with van der Waals surface area (Å²) in [5.74, 6) is -0.951. The largest absolute Gasteiger partial charge is 0.495 e. The number of carbonyl (C=O) groups is 1. The van der Waals surface area contributed by atoms with Crippen LogP contribution in [0.2, 0.25) is 5.02 Å². The van der Waals surface area contributed by atoms with E-state index in [1.165, 1.54) is 0 Å². The van der Waals surface area contributed by atoms with Crippen LogP contribution in [0.4, 0.5) is 13.2 Å². The molecule has 0 fully saturated rings. The topological polar surface area (TPSA) is 26.3 Å². The lowest BCUT2D eigenvalue weighted by Gasteiger charge is -2.14. The number of rotatable bonds is 3. The van der Waals surface area contributed by atoms with Gasteiger partial charge >= 0.3 is 6.18 Å². The van der Waals surface area contributed by atoms with Crippen LogP contribution in [-0.2, 0) is 6.18 Å². The summed E-state index contributed by atoms with van der Waals surface area (Å²) >= 11 is 8.65. The molecule has 0 unspecified atom stereocenters. The number of alkyl halides is 4. The van der Waals surface area contributed by atoms with Crippen LogP contribution in [0.25, 0.3) is 0 Å². The Labute approximate surface area is 109 Å². The number of ether oxygens (including phenoxy) is 1. The van der Waals surface area contributed by atoms with Crippen LogP contribution in [-0.4, -0.2) is 18.2 Å². The Bertz CT molecular complexity index is 446. The molecule has 1 aromatic rings. The van der Waals surface area contributed by atoms with Gasteiger partial charge in [0.15, 0.2) is 5.78 Å². The fourth-order valence-electron chi connectivity index (χ4n) is 1.27. The monoisotopic (exact) mass is 330 g/mol. The first-order valence-corrected chi connectivity index (χ1v) is 5.85. The van der Waals surface area contributed by atoms with Crippen molar-refractivity contribution in [3.8, 4) is 5.75 Å². The van der Waals surface area contributed by atoms with Crippen molar-refractivity contribution in [3.63, 3.8) is 0 Å². The predicted molar refractivity (Wildman–Crippen MR) is 61.1 cm³/mol. The van der Waals surface area contributed by atoms with Crippen molar-refractivity contribution in [2.75, 3.05) is 12.4 Å². The minimum Gasteiger partial charge on any atom is -0.495 e. The van der Waals surface area contributed by atoms with E-state index in [9.17, 15) is 18.0 Å². The molecule has 1 aromatic carbocycles. The highest BCUT2D eigenvalue weighted by molar-refractivity contribution is 9.09. The summed E-state index contributed by atoms with van der Waals surface area (Å²) in [6, 6.07) is 1.82. The quantitative estimate of drug-likeness (QED) is 0.619. The van der Waals surface area contributed by atoms with Crippen LogP contribution in [0.15, 0.2) is 12.1 Å². The van der Waals surface area contributed by atoms with Crippen molar-refractivity contribution in [2.24, 2.45) is 0 Å². The van der Waals surface area contributed by atoms with E-state index < -0.39 is 23.3 Å². The molecule has 0 amide bonds. The summed E-state index contributed by atoms with van der Waals surface area (Å²) < 4.78 is 42.4. The number of hydrogen-bond acceptors (Lipinski definition) is 2. The predicted octanol–water partition coefficient (Wildman–Crippen LogP) is 3.95. The average molecular weight is 332 g/mol. The average Bonchev–Trinajstić information content (AvgIpc) is 2.26. The Balaban J connectivity index is 3.43. The standard InChI is InChI=1S/C10H7BrClF3O2/c1-17-9-6(10(13,14)15)3-2-5(8(9)12)7(16)4-11/h2-3H,4H2,1H3. The first-order chi connectivity index (χ1) is 7.82. The van der Waals surface area contributed by atoms with E-state index in [4.69, 9.17) is 11.6 Å². The van der Waals surface area contributed by atoms with Crippen LogP contribution in [0.5, 0.6) is 5.75 Å². The number of hydrogen-bond donors (Lipinski definition) is 0. The molecule has 0 heterocycles.